The molecule has 3 aromatic rings. The average Bonchev–Trinajstić information content (AvgIpc) is 3.00. The SMILES string of the molecule is CN(C)CCCNC(=O)c1cc2sc3ccccc3c2s1.Cl. The molecule has 3 nitrogen and oxygen atoms in total. The quantitative estimate of drug-likeness (QED) is 0.696. The van der Waals surface area contributed by atoms with Gasteiger partial charge in [-0.1, -0.05) is 18.2 Å². The molecule has 1 aromatic carbocycles. The molecule has 0 bridgehead atoms. The molecule has 0 fully saturated rings. The zero-order valence-corrected chi connectivity index (χ0v) is 15.0. The highest BCUT2D eigenvalue weighted by atomic mass is 35.5. The van der Waals surface area contributed by atoms with Crippen LogP contribution in [-0.4, -0.2) is 38.0 Å². The lowest BCUT2D eigenvalue weighted by molar-refractivity contribution is 0.0956. The van der Waals surface area contributed by atoms with Gasteiger partial charge in [0.05, 0.1) is 9.58 Å². The summed E-state index contributed by atoms with van der Waals surface area (Å²) in [6.07, 6.45) is 0.974. The van der Waals surface area contributed by atoms with Gasteiger partial charge >= 0.3 is 0 Å². The Labute approximate surface area is 144 Å². The molecular weight excluding hydrogens is 336 g/mol. The minimum Gasteiger partial charge on any atom is -0.351 e. The maximum absolute atomic E-state index is 12.2. The average molecular weight is 355 g/mol. The van der Waals surface area contributed by atoms with Gasteiger partial charge in [-0.2, -0.15) is 0 Å². The lowest BCUT2D eigenvalue weighted by Crippen LogP contribution is -2.26. The van der Waals surface area contributed by atoms with Gasteiger partial charge in [0.15, 0.2) is 0 Å². The maximum atomic E-state index is 12.2. The van der Waals surface area contributed by atoms with Gasteiger partial charge < -0.3 is 10.2 Å². The summed E-state index contributed by atoms with van der Waals surface area (Å²) in [5.74, 6) is 0.0474. The summed E-state index contributed by atoms with van der Waals surface area (Å²) in [5.41, 5.74) is 0. The molecule has 6 heteroatoms. The number of benzene rings is 1. The van der Waals surface area contributed by atoms with E-state index in [4.69, 9.17) is 0 Å². The predicted octanol–water partition coefficient (Wildman–Crippen LogP) is 4.22. The molecule has 2 aromatic heterocycles. The third-order valence-corrected chi connectivity index (χ3v) is 5.76. The zero-order chi connectivity index (χ0) is 14.8. The number of thiophene rings is 2. The highest BCUT2D eigenvalue weighted by molar-refractivity contribution is 7.33. The van der Waals surface area contributed by atoms with E-state index < -0.39 is 0 Å². The number of carbonyl (C=O) groups is 1. The van der Waals surface area contributed by atoms with Crippen molar-refractivity contribution in [3.8, 4) is 0 Å². The fourth-order valence-corrected chi connectivity index (χ4v) is 4.74. The Morgan fingerprint density at radius 1 is 1.18 bits per heavy atom. The number of nitrogens with zero attached hydrogens (tertiary/aromatic N) is 1. The van der Waals surface area contributed by atoms with E-state index in [-0.39, 0.29) is 18.3 Å². The van der Waals surface area contributed by atoms with Gasteiger partial charge in [0.25, 0.3) is 5.91 Å². The molecule has 2 heterocycles. The van der Waals surface area contributed by atoms with E-state index in [0.717, 1.165) is 24.4 Å². The predicted molar refractivity (Wildman–Crippen MR) is 100.0 cm³/mol. The second kappa shape index (κ2) is 7.42. The second-order valence-electron chi connectivity index (χ2n) is 5.31. The maximum Gasteiger partial charge on any atom is 0.261 e. The van der Waals surface area contributed by atoms with Crippen LogP contribution >= 0.6 is 35.1 Å². The fourth-order valence-electron chi connectivity index (χ4n) is 2.30. The van der Waals surface area contributed by atoms with Crippen molar-refractivity contribution in [2.75, 3.05) is 27.2 Å². The van der Waals surface area contributed by atoms with Gasteiger partial charge in [0.2, 0.25) is 0 Å². The highest BCUT2D eigenvalue weighted by Gasteiger charge is 2.13. The molecule has 1 amide bonds. The topological polar surface area (TPSA) is 32.3 Å². The van der Waals surface area contributed by atoms with Crippen LogP contribution in [0.5, 0.6) is 0 Å². The number of hydrogen-bond acceptors (Lipinski definition) is 4. The Balaban J connectivity index is 0.00000176. The molecule has 0 atom stereocenters. The van der Waals surface area contributed by atoms with E-state index in [9.17, 15) is 4.79 Å². The van der Waals surface area contributed by atoms with Crippen molar-refractivity contribution < 1.29 is 4.79 Å². The van der Waals surface area contributed by atoms with Crippen molar-refractivity contribution in [3.05, 3.63) is 35.2 Å². The second-order valence-corrected chi connectivity index (χ2v) is 7.45. The molecular formula is C16H19ClN2OS2. The number of halogens is 1. The Hall–Kier alpha value is -1.14. The van der Waals surface area contributed by atoms with Crippen molar-refractivity contribution in [1.82, 2.24) is 10.2 Å². The fraction of sp³-hybridized carbons (Fsp3) is 0.312. The van der Waals surface area contributed by atoms with Crippen LogP contribution in [0.25, 0.3) is 19.5 Å². The first-order valence-corrected chi connectivity index (χ1v) is 8.62. The minimum absolute atomic E-state index is 0. The van der Waals surface area contributed by atoms with Crippen molar-refractivity contribution in [1.29, 1.82) is 0 Å². The van der Waals surface area contributed by atoms with Gasteiger partial charge in [-0.25, -0.2) is 0 Å². The molecule has 3 rings (SSSR count). The summed E-state index contributed by atoms with van der Waals surface area (Å²) in [7, 11) is 4.08. The van der Waals surface area contributed by atoms with Gasteiger partial charge in [-0.15, -0.1) is 35.1 Å². The van der Waals surface area contributed by atoms with Crippen LogP contribution in [0.2, 0.25) is 0 Å². The van der Waals surface area contributed by atoms with E-state index in [1.807, 2.05) is 20.2 Å². The van der Waals surface area contributed by atoms with E-state index in [1.54, 1.807) is 22.7 Å². The van der Waals surface area contributed by atoms with E-state index in [0.29, 0.717) is 0 Å². The molecule has 0 spiro atoms. The molecule has 0 saturated carbocycles. The molecule has 0 aliphatic carbocycles. The summed E-state index contributed by atoms with van der Waals surface area (Å²) < 4.78 is 3.73. The largest absolute Gasteiger partial charge is 0.351 e. The van der Waals surface area contributed by atoms with Crippen molar-refractivity contribution >= 4 is 60.5 Å². The Kier molecular flexibility index (Phi) is 5.81. The number of carbonyl (C=O) groups excluding carboxylic acids is 1. The van der Waals surface area contributed by atoms with Crippen LogP contribution in [0.15, 0.2) is 30.3 Å². The van der Waals surface area contributed by atoms with Crippen LogP contribution in [0.4, 0.5) is 0 Å². The number of fused-ring (bicyclic) bond motifs is 3. The van der Waals surface area contributed by atoms with Crippen molar-refractivity contribution in [3.63, 3.8) is 0 Å². The van der Waals surface area contributed by atoms with Crippen LogP contribution in [-0.2, 0) is 0 Å². The van der Waals surface area contributed by atoms with Crippen molar-refractivity contribution in [2.45, 2.75) is 6.42 Å². The lowest BCUT2D eigenvalue weighted by Gasteiger charge is -2.09. The Morgan fingerprint density at radius 3 is 2.73 bits per heavy atom. The van der Waals surface area contributed by atoms with E-state index >= 15 is 0 Å². The molecule has 0 aliphatic rings. The molecule has 0 unspecified atom stereocenters. The van der Waals surface area contributed by atoms with Crippen LogP contribution in [0, 0.1) is 0 Å². The number of rotatable bonds is 5. The van der Waals surface area contributed by atoms with Crippen LogP contribution < -0.4 is 5.32 Å². The molecule has 118 valence electrons. The van der Waals surface area contributed by atoms with Crippen LogP contribution in [0.1, 0.15) is 16.1 Å². The summed E-state index contributed by atoms with van der Waals surface area (Å²) in [6.45, 7) is 1.72. The number of amides is 1. The lowest BCUT2D eigenvalue weighted by atomic mass is 10.2. The number of hydrogen-bond donors (Lipinski definition) is 1. The highest BCUT2D eigenvalue weighted by Crippen LogP contribution is 2.39. The van der Waals surface area contributed by atoms with Crippen LogP contribution in [0.3, 0.4) is 0 Å². The standard InChI is InChI=1S/C16H18N2OS2.ClH/c1-18(2)9-5-8-17-16(19)14-10-13-15(21-14)11-6-3-4-7-12(11)20-13;/h3-4,6-7,10H,5,8-9H2,1-2H3,(H,17,19);1H. The van der Waals surface area contributed by atoms with Gasteiger partial charge in [0.1, 0.15) is 0 Å². The first-order valence-electron chi connectivity index (χ1n) is 6.99. The smallest absolute Gasteiger partial charge is 0.261 e. The summed E-state index contributed by atoms with van der Waals surface area (Å²) in [5, 5.41) is 4.26. The third-order valence-electron chi connectivity index (χ3n) is 3.34. The molecule has 22 heavy (non-hydrogen) atoms. The van der Waals surface area contributed by atoms with Gasteiger partial charge in [-0.05, 0) is 39.2 Å². The normalized spacial score (nSPS) is 11.0. The summed E-state index contributed by atoms with van der Waals surface area (Å²) >= 11 is 3.35. The molecule has 0 aliphatic heterocycles. The Bertz CT molecular complexity index is 779. The van der Waals surface area contributed by atoms with E-state index in [1.165, 1.54) is 19.5 Å². The summed E-state index contributed by atoms with van der Waals surface area (Å²) in [4.78, 5) is 15.1. The zero-order valence-electron chi connectivity index (χ0n) is 12.6. The summed E-state index contributed by atoms with van der Waals surface area (Å²) in [6, 6.07) is 10.4. The Morgan fingerprint density at radius 2 is 1.95 bits per heavy atom. The minimum atomic E-state index is 0. The first-order chi connectivity index (χ1) is 10.1. The third kappa shape index (κ3) is 3.60. The molecule has 0 radical (unpaired) electrons. The molecule has 0 saturated heterocycles. The molecule has 1 N–H and O–H groups in total. The van der Waals surface area contributed by atoms with Crippen molar-refractivity contribution in [2.24, 2.45) is 0 Å². The van der Waals surface area contributed by atoms with Gasteiger partial charge in [0, 0.05) is 21.3 Å². The monoisotopic (exact) mass is 354 g/mol. The first kappa shape index (κ1) is 17.2. The number of nitrogens with one attached hydrogen (secondary N) is 1. The van der Waals surface area contributed by atoms with Gasteiger partial charge in [-0.3, -0.25) is 4.79 Å². The van der Waals surface area contributed by atoms with E-state index in [2.05, 4.69) is 34.5 Å².